The zero-order chi connectivity index (χ0) is 29.8. The molecule has 1 aromatic rings. The Morgan fingerprint density at radius 2 is 1.60 bits per heavy atom. The second kappa shape index (κ2) is 15.6. The van der Waals surface area contributed by atoms with Gasteiger partial charge in [0.05, 0.1) is 6.42 Å². The predicted octanol–water partition coefficient (Wildman–Crippen LogP) is 2.08. The van der Waals surface area contributed by atoms with Gasteiger partial charge < -0.3 is 30.2 Å². The van der Waals surface area contributed by atoms with E-state index in [1.54, 1.807) is 11.0 Å². The molecule has 1 aliphatic heterocycles. The molecule has 1 unspecified atom stereocenters. The fourth-order valence-electron chi connectivity index (χ4n) is 4.06. The highest BCUT2D eigenvalue weighted by Gasteiger charge is 2.27. The number of amides is 3. The number of hydrogen-bond donors (Lipinski definition) is 3. The van der Waals surface area contributed by atoms with Crippen LogP contribution >= 0.6 is 0 Å². The van der Waals surface area contributed by atoms with Crippen molar-refractivity contribution in [2.75, 3.05) is 26.2 Å². The molecule has 2 rings (SSSR count). The third kappa shape index (κ3) is 12.8. The van der Waals surface area contributed by atoms with Gasteiger partial charge in [-0.05, 0) is 64.5 Å². The van der Waals surface area contributed by atoms with E-state index in [9.17, 15) is 27.6 Å². The molecule has 40 heavy (non-hydrogen) atoms. The first-order chi connectivity index (χ1) is 18.7. The second-order valence-corrected chi connectivity index (χ2v) is 12.4. The summed E-state index contributed by atoms with van der Waals surface area (Å²) in [5.74, 6) is -1.03. The first kappa shape index (κ1) is 33.0. The maximum atomic E-state index is 12.2. The first-order valence-corrected chi connectivity index (χ1v) is 15.0. The van der Waals surface area contributed by atoms with Gasteiger partial charge in [-0.15, -0.1) is 0 Å². The summed E-state index contributed by atoms with van der Waals surface area (Å²) in [7, 11) is -4.21. The van der Waals surface area contributed by atoms with Crippen LogP contribution in [-0.2, 0) is 33.4 Å². The Hall–Kier alpha value is -3.19. The van der Waals surface area contributed by atoms with E-state index in [0.717, 1.165) is 12.8 Å². The number of nitrogens with two attached hydrogens (primary N) is 1. The molecule has 1 heterocycles. The van der Waals surface area contributed by atoms with Gasteiger partial charge in [0.25, 0.3) is 0 Å². The highest BCUT2D eigenvalue weighted by molar-refractivity contribution is 7.87. The Bertz CT molecular complexity index is 1100. The molecule has 0 aromatic heterocycles. The van der Waals surface area contributed by atoms with Crippen LogP contribution in [0.25, 0.3) is 0 Å². The van der Waals surface area contributed by atoms with Crippen molar-refractivity contribution in [2.24, 2.45) is 11.7 Å². The zero-order valence-corrected chi connectivity index (χ0v) is 24.3. The zero-order valence-electron chi connectivity index (χ0n) is 23.5. The van der Waals surface area contributed by atoms with Gasteiger partial charge in [0.2, 0.25) is 11.8 Å². The van der Waals surface area contributed by atoms with Crippen molar-refractivity contribution in [1.82, 2.24) is 15.5 Å². The van der Waals surface area contributed by atoms with Crippen LogP contribution in [0.2, 0.25) is 0 Å². The van der Waals surface area contributed by atoms with Gasteiger partial charge in [-0.3, -0.25) is 14.4 Å². The Morgan fingerprint density at radius 1 is 1.00 bits per heavy atom. The summed E-state index contributed by atoms with van der Waals surface area (Å²) in [6.07, 6.45) is 2.41. The molecule has 0 saturated carbocycles. The van der Waals surface area contributed by atoms with E-state index in [1.807, 2.05) is 20.8 Å². The number of carbonyl (C=O) groups is 4. The average molecular weight is 583 g/mol. The summed E-state index contributed by atoms with van der Waals surface area (Å²) in [5.41, 5.74) is 5.34. The largest absolute Gasteiger partial charge is 0.444 e. The smallest absolute Gasteiger partial charge is 0.410 e. The lowest BCUT2D eigenvalue weighted by molar-refractivity contribution is -0.134. The average Bonchev–Trinajstić information content (AvgIpc) is 2.87. The van der Waals surface area contributed by atoms with Gasteiger partial charge in [0, 0.05) is 45.1 Å². The van der Waals surface area contributed by atoms with Crippen LogP contribution in [-0.4, -0.2) is 75.0 Å². The maximum absolute atomic E-state index is 12.2. The van der Waals surface area contributed by atoms with E-state index in [1.165, 1.54) is 24.3 Å². The van der Waals surface area contributed by atoms with E-state index < -0.39 is 27.7 Å². The van der Waals surface area contributed by atoms with Crippen LogP contribution in [0.3, 0.4) is 0 Å². The van der Waals surface area contributed by atoms with Gasteiger partial charge in [-0.25, -0.2) is 4.79 Å². The van der Waals surface area contributed by atoms with Crippen LogP contribution < -0.4 is 16.4 Å². The van der Waals surface area contributed by atoms with Crippen molar-refractivity contribution in [3.05, 3.63) is 30.3 Å². The molecule has 1 saturated heterocycles. The molecule has 12 nitrogen and oxygen atoms in total. The molecule has 4 N–H and O–H groups in total. The van der Waals surface area contributed by atoms with Gasteiger partial charge in [0.15, 0.2) is 0 Å². The SMILES string of the molecule is CC(C)(C)OC(=O)N1CCC(CCC(=O)NCCC(=O)NCCC(N)CC(=O)OS(=O)(=O)c2ccccc2)CC1. The quantitative estimate of drug-likeness (QED) is 0.294. The maximum Gasteiger partial charge on any atom is 0.410 e. The lowest BCUT2D eigenvalue weighted by Gasteiger charge is -2.33. The highest BCUT2D eigenvalue weighted by atomic mass is 32.2. The number of carbonyl (C=O) groups excluding carboxylic acids is 4. The van der Waals surface area contributed by atoms with Gasteiger partial charge >= 0.3 is 22.2 Å². The molecule has 1 aliphatic rings. The van der Waals surface area contributed by atoms with Crippen molar-refractivity contribution in [3.8, 4) is 0 Å². The van der Waals surface area contributed by atoms with E-state index in [-0.39, 0.29) is 55.2 Å². The van der Waals surface area contributed by atoms with Crippen LogP contribution in [0.15, 0.2) is 35.2 Å². The number of likely N-dealkylation sites (tertiary alicyclic amines) is 1. The van der Waals surface area contributed by atoms with Gasteiger partial charge in [0.1, 0.15) is 10.5 Å². The van der Waals surface area contributed by atoms with Crippen LogP contribution in [0.5, 0.6) is 0 Å². The summed E-state index contributed by atoms with van der Waals surface area (Å²) < 4.78 is 34.2. The van der Waals surface area contributed by atoms with Gasteiger partial charge in [-0.1, -0.05) is 18.2 Å². The van der Waals surface area contributed by atoms with Crippen molar-refractivity contribution >= 4 is 34.0 Å². The fourth-order valence-corrected chi connectivity index (χ4v) is 4.96. The molecule has 13 heteroatoms. The summed E-state index contributed by atoms with van der Waals surface area (Å²) in [5, 5.41) is 5.40. The summed E-state index contributed by atoms with van der Waals surface area (Å²) >= 11 is 0. The van der Waals surface area contributed by atoms with Gasteiger partial charge in [-0.2, -0.15) is 8.42 Å². The molecule has 224 valence electrons. The van der Waals surface area contributed by atoms with Crippen molar-refractivity contribution in [3.63, 3.8) is 0 Å². The molecular formula is C27H42N4O8S. The van der Waals surface area contributed by atoms with E-state index >= 15 is 0 Å². The molecule has 0 spiro atoms. The van der Waals surface area contributed by atoms with Crippen molar-refractivity contribution in [2.45, 2.75) is 82.3 Å². The third-order valence-corrected chi connectivity index (χ3v) is 7.48. The summed E-state index contributed by atoms with van der Waals surface area (Å²) in [6, 6.07) is 6.61. The number of nitrogens with one attached hydrogen (secondary N) is 2. The third-order valence-electron chi connectivity index (χ3n) is 6.22. The van der Waals surface area contributed by atoms with Crippen LogP contribution in [0.1, 0.15) is 65.7 Å². The Morgan fingerprint density at radius 3 is 2.23 bits per heavy atom. The van der Waals surface area contributed by atoms with Crippen molar-refractivity contribution in [1.29, 1.82) is 0 Å². The Kier molecular flexibility index (Phi) is 12.8. The lowest BCUT2D eigenvalue weighted by atomic mass is 9.92. The number of benzene rings is 1. The molecule has 0 bridgehead atoms. The summed E-state index contributed by atoms with van der Waals surface area (Å²) in [6.45, 7) is 7.11. The molecule has 1 aromatic carbocycles. The summed E-state index contributed by atoms with van der Waals surface area (Å²) in [4.78, 5) is 49.9. The van der Waals surface area contributed by atoms with E-state index in [2.05, 4.69) is 14.8 Å². The minimum absolute atomic E-state index is 0.0899. The number of nitrogens with zero attached hydrogens (tertiary/aromatic N) is 1. The van der Waals surface area contributed by atoms with Crippen LogP contribution in [0, 0.1) is 5.92 Å². The minimum Gasteiger partial charge on any atom is -0.444 e. The molecule has 1 fully saturated rings. The van der Waals surface area contributed by atoms with E-state index in [0.29, 0.717) is 31.8 Å². The highest BCUT2D eigenvalue weighted by Crippen LogP contribution is 2.23. The monoisotopic (exact) mass is 582 g/mol. The number of piperidine rings is 1. The van der Waals surface area contributed by atoms with Crippen LogP contribution in [0.4, 0.5) is 4.79 Å². The van der Waals surface area contributed by atoms with Crippen molar-refractivity contribution < 1.29 is 36.5 Å². The minimum atomic E-state index is -4.21. The molecule has 1 atom stereocenters. The molecule has 0 aliphatic carbocycles. The lowest BCUT2D eigenvalue weighted by Crippen LogP contribution is -2.41. The Balaban J connectivity index is 1.53. The standard InChI is InChI=1S/C27H42N4O8S/c1-27(2,3)38-26(35)31-17-13-20(14-18-31)9-10-23(32)30-16-12-24(33)29-15-11-21(28)19-25(34)39-40(36,37)22-7-5-4-6-8-22/h4-8,20-21H,9-19,28H2,1-3H3,(H,29,33)(H,30,32). The normalized spacial score (nSPS) is 15.2. The predicted molar refractivity (Wildman–Crippen MR) is 147 cm³/mol. The molecule has 0 radical (unpaired) electrons. The second-order valence-electron chi connectivity index (χ2n) is 10.9. The fraction of sp³-hybridized carbons (Fsp3) is 0.630. The number of hydrogen-bond acceptors (Lipinski definition) is 9. The number of ether oxygens (including phenoxy) is 1. The molecule has 3 amide bonds. The number of rotatable bonds is 13. The topological polar surface area (TPSA) is 174 Å². The molecular weight excluding hydrogens is 540 g/mol. The Labute approximate surface area is 236 Å². The van der Waals surface area contributed by atoms with E-state index in [4.69, 9.17) is 10.5 Å². The first-order valence-electron chi connectivity index (χ1n) is 13.5.